The summed E-state index contributed by atoms with van der Waals surface area (Å²) in [5.41, 5.74) is 5.74. The molecule has 1 atom stereocenters. The van der Waals surface area contributed by atoms with Crippen molar-refractivity contribution in [2.24, 2.45) is 11.7 Å². The van der Waals surface area contributed by atoms with Crippen LogP contribution in [0.1, 0.15) is 26.7 Å². The number of nitrogens with zero attached hydrogens (tertiary/aromatic N) is 1. The number of allylic oxidation sites excluding steroid dienone is 3. The van der Waals surface area contributed by atoms with E-state index in [0.717, 1.165) is 19.6 Å². The Morgan fingerprint density at radius 1 is 1.53 bits per heavy atom. The molecule has 0 saturated heterocycles. The van der Waals surface area contributed by atoms with Gasteiger partial charge in [-0.2, -0.15) is 0 Å². The lowest BCUT2D eigenvalue weighted by Crippen LogP contribution is -2.39. The number of nitrogens with two attached hydrogens (primary N) is 1. The van der Waals surface area contributed by atoms with Crippen molar-refractivity contribution >= 4 is 5.91 Å². The Labute approximate surface area is 114 Å². The molecular formula is C14H24FN3O. The van der Waals surface area contributed by atoms with Gasteiger partial charge >= 0.3 is 0 Å². The highest BCUT2D eigenvalue weighted by atomic mass is 19.1. The normalized spacial score (nSPS) is 19.7. The summed E-state index contributed by atoms with van der Waals surface area (Å²) in [4.78, 5) is 14.2. The Kier molecular flexibility index (Phi) is 6.56. The van der Waals surface area contributed by atoms with E-state index in [9.17, 15) is 9.18 Å². The summed E-state index contributed by atoms with van der Waals surface area (Å²) in [6.07, 6.45) is 4.29. The van der Waals surface area contributed by atoms with Crippen molar-refractivity contribution in [3.63, 3.8) is 0 Å². The molecule has 1 unspecified atom stereocenters. The van der Waals surface area contributed by atoms with Gasteiger partial charge in [0.2, 0.25) is 5.91 Å². The molecule has 0 fully saturated rings. The van der Waals surface area contributed by atoms with E-state index in [1.54, 1.807) is 6.08 Å². The molecular weight excluding hydrogens is 245 g/mol. The molecule has 108 valence electrons. The van der Waals surface area contributed by atoms with E-state index in [2.05, 4.69) is 24.1 Å². The van der Waals surface area contributed by atoms with Gasteiger partial charge in [0, 0.05) is 13.1 Å². The van der Waals surface area contributed by atoms with Crippen molar-refractivity contribution in [3.05, 3.63) is 23.7 Å². The fourth-order valence-corrected chi connectivity index (χ4v) is 2.14. The van der Waals surface area contributed by atoms with Crippen LogP contribution in [0.4, 0.5) is 4.39 Å². The molecule has 0 saturated carbocycles. The van der Waals surface area contributed by atoms with Crippen LogP contribution >= 0.6 is 0 Å². The Morgan fingerprint density at radius 3 is 2.84 bits per heavy atom. The van der Waals surface area contributed by atoms with Crippen molar-refractivity contribution in [3.8, 4) is 0 Å². The van der Waals surface area contributed by atoms with Gasteiger partial charge in [-0.05, 0) is 32.0 Å². The minimum atomic E-state index is -0.549. The first-order valence-electron chi connectivity index (χ1n) is 6.91. The summed E-state index contributed by atoms with van der Waals surface area (Å²) < 4.78 is 13.5. The zero-order chi connectivity index (χ0) is 14.3. The molecule has 1 amide bonds. The quantitative estimate of drug-likeness (QED) is 0.769. The topological polar surface area (TPSA) is 58.4 Å². The van der Waals surface area contributed by atoms with Gasteiger partial charge in [0.25, 0.3) is 0 Å². The van der Waals surface area contributed by atoms with Crippen LogP contribution in [0.3, 0.4) is 0 Å². The van der Waals surface area contributed by atoms with Crippen molar-refractivity contribution in [2.75, 3.05) is 26.2 Å². The fourth-order valence-electron chi connectivity index (χ4n) is 2.14. The van der Waals surface area contributed by atoms with Gasteiger partial charge in [0.1, 0.15) is 5.83 Å². The molecule has 0 aromatic carbocycles. The molecule has 0 aromatic heterocycles. The van der Waals surface area contributed by atoms with Crippen LogP contribution < -0.4 is 11.1 Å². The zero-order valence-electron chi connectivity index (χ0n) is 11.8. The summed E-state index contributed by atoms with van der Waals surface area (Å²) in [5.74, 6) is -1.21. The summed E-state index contributed by atoms with van der Waals surface area (Å²) >= 11 is 0. The second-order valence-electron chi connectivity index (χ2n) is 4.65. The fraction of sp³-hybridized carbons (Fsp3) is 0.643. The minimum absolute atomic E-state index is 0.0501. The molecule has 0 aliphatic heterocycles. The summed E-state index contributed by atoms with van der Waals surface area (Å²) in [7, 11) is 0. The van der Waals surface area contributed by atoms with Gasteiger partial charge < -0.3 is 16.0 Å². The Hall–Kier alpha value is -1.36. The van der Waals surface area contributed by atoms with E-state index < -0.39 is 11.7 Å². The van der Waals surface area contributed by atoms with Crippen molar-refractivity contribution in [2.45, 2.75) is 26.7 Å². The molecule has 1 aliphatic rings. The van der Waals surface area contributed by atoms with E-state index in [4.69, 9.17) is 5.73 Å². The number of halogens is 1. The van der Waals surface area contributed by atoms with Gasteiger partial charge in [-0.3, -0.25) is 4.79 Å². The SMILES string of the molecule is CCN(CC)CCNC(=O)C1CCC=CC(F)=C1N. The highest BCUT2D eigenvalue weighted by molar-refractivity contribution is 5.81. The van der Waals surface area contributed by atoms with E-state index in [0.29, 0.717) is 19.4 Å². The predicted molar refractivity (Wildman–Crippen MR) is 75.0 cm³/mol. The molecule has 19 heavy (non-hydrogen) atoms. The van der Waals surface area contributed by atoms with Gasteiger partial charge in [-0.1, -0.05) is 19.9 Å². The number of carbonyl (C=O) groups is 1. The molecule has 1 aliphatic carbocycles. The summed E-state index contributed by atoms with van der Waals surface area (Å²) in [6, 6.07) is 0. The third kappa shape index (κ3) is 4.67. The van der Waals surface area contributed by atoms with E-state index in [-0.39, 0.29) is 11.6 Å². The lowest BCUT2D eigenvalue weighted by atomic mass is 9.99. The third-order valence-electron chi connectivity index (χ3n) is 3.48. The smallest absolute Gasteiger partial charge is 0.229 e. The van der Waals surface area contributed by atoms with Crippen molar-refractivity contribution in [1.29, 1.82) is 0 Å². The molecule has 0 bridgehead atoms. The van der Waals surface area contributed by atoms with Crippen LogP contribution in [0.5, 0.6) is 0 Å². The first kappa shape index (κ1) is 15.7. The lowest BCUT2D eigenvalue weighted by Gasteiger charge is -2.20. The molecule has 1 rings (SSSR count). The highest BCUT2D eigenvalue weighted by Crippen LogP contribution is 2.22. The molecule has 5 heteroatoms. The Balaban J connectivity index is 2.47. The number of nitrogens with one attached hydrogen (secondary N) is 1. The Morgan fingerprint density at radius 2 is 2.21 bits per heavy atom. The number of amides is 1. The maximum absolute atomic E-state index is 13.5. The van der Waals surface area contributed by atoms with Gasteiger partial charge in [0.05, 0.1) is 11.6 Å². The molecule has 0 spiro atoms. The average Bonchev–Trinajstić information content (AvgIpc) is 2.57. The molecule has 0 radical (unpaired) electrons. The monoisotopic (exact) mass is 269 g/mol. The second-order valence-corrected chi connectivity index (χ2v) is 4.65. The largest absolute Gasteiger partial charge is 0.399 e. The van der Waals surface area contributed by atoms with Crippen LogP contribution in [0.25, 0.3) is 0 Å². The number of likely N-dealkylation sites (N-methyl/N-ethyl adjacent to an activating group) is 1. The standard InChI is InChI=1S/C14H24FN3O/c1-3-18(4-2)10-9-17-14(19)11-7-5-6-8-12(15)13(11)16/h6,8,11H,3-5,7,9-10,16H2,1-2H3,(H,17,19). The zero-order valence-corrected chi connectivity index (χ0v) is 11.8. The third-order valence-corrected chi connectivity index (χ3v) is 3.48. The number of hydrogen-bond donors (Lipinski definition) is 2. The first-order chi connectivity index (χ1) is 9.10. The molecule has 4 nitrogen and oxygen atoms in total. The highest BCUT2D eigenvalue weighted by Gasteiger charge is 2.24. The predicted octanol–water partition coefficient (Wildman–Crippen LogP) is 1.55. The van der Waals surface area contributed by atoms with E-state index >= 15 is 0 Å². The van der Waals surface area contributed by atoms with Crippen LogP contribution in [0.15, 0.2) is 23.7 Å². The maximum atomic E-state index is 13.5. The average molecular weight is 269 g/mol. The van der Waals surface area contributed by atoms with Crippen LogP contribution in [-0.2, 0) is 4.79 Å². The Bertz CT molecular complexity index is 362. The molecule has 0 heterocycles. The van der Waals surface area contributed by atoms with Gasteiger partial charge in [-0.15, -0.1) is 0 Å². The van der Waals surface area contributed by atoms with Gasteiger partial charge in [0.15, 0.2) is 0 Å². The second kappa shape index (κ2) is 7.94. The number of rotatable bonds is 6. The van der Waals surface area contributed by atoms with Crippen LogP contribution in [-0.4, -0.2) is 37.0 Å². The van der Waals surface area contributed by atoms with Crippen molar-refractivity contribution < 1.29 is 9.18 Å². The summed E-state index contributed by atoms with van der Waals surface area (Å²) in [6.45, 7) is 7.44. The first-order valence-corrected chi connectivity index (χ1v) is 6.91. The van der Waals surface area contributed by atoms with Crippen LogP contribution in [0.2, 0.25) is 0 Å². The summed E-state index contributed by atoms with van der Waals surface area (Å²) in [5, 5.41) is 2.84. The van der Waals surface area contributed by atoms with Crippen LogP contribution in [0, 0.1) is 5.92 Å². The van der Waals surface area contributed by atoms with E-state index in [1.807, 2.05) is 0 Å². The van der Waals surface area contributed by atoms with Crippen molar-refractivity contribution in [1.82, 2.24) is 10.2 Å². The van der Waals surface area contributed by atoms with E-state index in [1.165, 1.54) is 6.08 Å². The lowest BCUT2D eigenvalue weighted by molar-refractivity contribution is -0.124. The van der Waals surface area contributed by atoms with Gasteiger partial charge in [-0.25, -0.2) is 4.39 Å². The molecule has 3 N–H and O–H groups in total. The number of hydrogen-bond acceptors (Lipinski definition) is 3. The minimum Gasteiger partial charge on any atom is -0.399 e. The molecule has 0 aromatic rings. The maximum Gasteiger partial charge on any atom is 0.229 e. The number of carbonyl (C=O) groups excluding carboxylic acids is 1.